The van der Waals surface area contributed by atoms with E-state index in [1.165, 1.54) is 39.4 Å². The van der Waals surface area contributed by atoms with Gasteiger partial charge in [-0.2, -0.15) is 0 Å². The highest BCUT2D eigenvalue weighted by Crippen LogP contribution is 2.41. The van der Waals surface area contributed by atoms with E-state index in [0.717, 1.165) is 10.0 Å². The third kappa shape index (κ3) is 2.95. The second-order valence-corrected chi connectivity index (χ2v) is 7.34. The predicted molar refractivity (Wildman–Crippen MR) is 95.0 cm³/mol. The number of hydrogen-bond donors (Lipinski definition) is 0. The molecule has 2 aromatic rings. The van der Waals surface area contributed by atoms with Crippen molar-refractivity contribution in [2.75, 3.05) is 0 Å². The third-order valence-electron chi connectivity index (χ3n) is 4.54. The van der Waals surface area contributed by atoms with Crippen molar-refractivity contribution in [3.8, 4) is 0 Å². The fourth-order valence-electron chi connectivity index (χ4n) is 2.77. The highest BCUT2D eigenvalue weighted by atomic mass is 79.9. The van der Waals surface area contributed by atoms with Crippen molar-refractivity contribution in [2.45, 2.75) is 39.4 Å². The van der Waals surface area contributed by atoms with Crippen LogP contribution in [0.5, 0.6) is 0 Å². The summed E-state index contributed by atoms with van der Waals surface area (Å²) in [4.78, 5) is -0.0272. The van der Waals surface area contributed by atoms with E-state index in [-0.39, 0.29) is 10.6 Å². The molecule has 0 saturated heterocycles. The van der Waals surface area contributed by atoms with Gasteiger partial charge in [0, 0.05) is 4.47 Å². The maximum Gasteiger partial charge on any atom is 0.123 e. The number of rotatable bonds is 2. The van der Waals surface area contributed by atoms with E-state index in [0.29, 0.717) is 0 Å². The Labute approximate surface area is 143 Å². The van der Waals surface area contributed by atoms with Crippen LogP contribution in [0.2, 0.25) is 0 Å². The molecule has 0 aliphatic rings. The lowest BCUT2D eigenvalue weighted by Crippen LogP contribution is -2.06. The molecule has 0 aromatic heterocycles. The molecule has 0 nitrogen and oxygen atoms in total. The van der Waals surface area contributed by atoms with Crippen molar-refractivity contribution in [3.63, 3.8) is 0 Å². The molecule has 21 heavy (non-hydrogen) atoms. The quantitative estimate of drug-likeness (QED) is 0.485. The SMILES string of the molecule is Cc1c(C)c(C)c(C(Br)c2cc(F)ccc2Br)c(C)c1C. The van der Waals surface area contributed by atoms with Gasteiger partial charge >= 0.3 is 0 Å². The Morgan fingerprint density at radius 1 is 0.857 bits per heavy atom. The van der Waals surface area contributed by atoms with E-state index in [4.69, 9.17) is 0 Å². The molecule has 1 unspecified atom stereocenters. The summed E-state index contributed by atoms with van der Waals surface area (Å²) in [5.74, 6) is -0.214. The zero-order valence-electron chi connectivity index (χ0n) is 12.9. The summed E-state index contributed by atoms with van der Waals surface area (Å²) in [7, 11) is 0. The van der Waals surface area contributed by atoms with Crippen LogP contribution in [0.1, 0.15) is 43.8 Å². The van der Waals surface area contributed by atoms with E-state index in [1.807, 2.05) is 0 Å². The van der Waals surface area contributed by atoms with Gasteiger partial charge in [0.1, 0.15) is 5.82 Å². The van der Waals surface area contributed by atoms with Gasteiger partial charge in [0.05, 0.1) is 4.83 Å². The van der Waals surface area contributed by atoms with Gasteiger partial charge in [-0.25, -0.2) is 4.39 Å². The molecule has 0 N–H and O–H groups in total. The summed E-state index contributed by atoms with van der Waals surface area (Å²) in [6, 6.07) is 4.82. The zero-order valence-corrected chi connectivity index (χ0v) is 16.1. The largest absolute Gasteiger partial charge is 0.207 e. The third-order valence-corrected chi connectivity index (χ3v) is 6.22. The molecular formula is C18H19Br2F. The van der Waals surface area contributed by atoms with E-state index < -0.39 is 0 Å². The first kappa shape index (κ1) is 16.7. The van der Waals surface area contributed by atoms with Gasteiger partial charge in [-0.15, -0.1) is 0 Å². The molecule has 2 aromatic carbocycles. The van der Waals surface area contributed by atoms with Gasteiger partial charge < -0.3 is 0 Å². The van der Waals surface area contributed by atoms with Crippen LogP contribution in [0, 0.1) is 40.4 Å². The van der Waals surface area contributed by atoms with E-state index in [2.05, 4.69) is 66.5 Å². The van der Waals surface area contributed by atoms with E-state index in [1.54, 1.807) is 12.1 Å². The maximum atomic E-state index is 13.6. The molecule has 0 fully saturated rings. The van der Waals surface area contributed by atoms with E-state index in [9.17, 15) is 4.39 Å². The lowest BCUT2D eigenvalue weighted by atomic mass is 9.87. The molecule has 2 rings (SSSR count). The zero-order chi connectivity index (χ0) is 15.9. The average Bonchev–Trinajstić information content (AvgIpc) is 2.45. The van der Waals surface area contributed by atoms with Crippen molar-refractivity contribution in [3.05, 3.63) is 67.4 Å². The molecule has 0 radical (unpaired) electrons. The normalized spacial score (nSPS) is 12.6. The van der Waals surface area contributed by atoms with Crippen molar-refractivity contribution in [1.29, 1.82) is 0 Å². The molecule has 0 heterocycles. The van der Waals surface area contributed by atoms with Crippen LogP contribution in [0.4, 0.5) is 4.39 Å². The Morgan fingerprint density at radius 2 is 1.33 bits per heavy atom. The monoisotopic (exact) mass is 412 g/mol. The Morgan fingerprint density at radius 3 is 1.86 bits per heavy atom. The van der Waals surface area contributed by atoms with Crippen LogP contribution >= 0.6 is 31.9 Å². The first-order chi connectivity index (χ1) is 9.75. The van der Waals surface area contributed by atoms with Gasteiger partial charge in [0.15, 0.2) is 0 Å². The second kappa shape index (κ2) is 6.21. The predicted octanol–water partition coefficient (Wildman–Crippen LogP) is 6.61. The fraction of sp³-hybridized carbons (Fsp3) is 0.333. The van der Waals surface area contributed by atoms with Gasteiger partial charge in [-0.1, -0.05) is 31.9 Å². The highest BCUT2D eigenvalue weighted by Gasteiger charge is 2.21. The number of alkyl halides is 1. The number of halogens is 3. The van der Waals surface area contributed by atoms with E-state index >= 15 is 0 Å². The lowest BCUT2D eigenvalue weighted by molar-refractivity contribution is 0.625. The molecule has 0 spiro atoms. The van der Waals surface area contributed by atoms with Crippen LogP contribution in [0.15, 0.2) is 22.7 Å². The van der Waals surface area contributed by atoms with Crippen LogP contribution in [-0.4, -0.2) is 0 Å². The Hall–Kier alpha value is -0.670. The Balaban J connectivity index is 2.69. The Kier molecular flexibility index (Phi) is 4.94. The molecule has 1 atom stereocenters. The minimum absolute atomic E-state index is 0.0272. The smallest absolute Gasteiger partial charge is 0.123 e. The van der Waals surface area contributed by atoms with Gasteiger partial charge in [0.25, 0.3) is 0 Å². The molecule has 112 valence electrons. The van der Waals surface area contributed by atoms with Gasteiger partial charge in [0.2, 0.25) is 0 Å². The van der Waals surface area contributed by atoms with Crippen LogP contribution in [0.25, 0.3) is 0 Å². The maximum absolute atomic E-state index is 13.6. The summed E-state index contributed by atoms with van der Waals surface area (Å²) in [5, 5.41) is 0. The molecule has 0 amide bonds. The van der Waals surface area contributed by atoms with Gasteiger partial charge in [-0.3, -0.25) is 0 Å². The standard InChI is InChI=1S/C18H19Br2F/c1-9-10(2)12(4)17(13(5)11(9)3)18(20)15-8-14(21)6-7-16(15)19/h6-8,18H,1-5H3. The summed E-state index contributed by atoms with van der Waals surface area (Å²) in [5.41, 5.74) is 8.66. The first-order valence-corrected chi connectivity index (χ1v) is 8.62. The minimum Gasteiger partial charge on any atom is -0.207 e. The molecule has 0 aliphatic heterocycles. The number of benzene rings is 2. The number of hydrogen-bond acceptors (Lipinski definition) is 0. The molecular weight excluding hydrogens is 395 g/mol. The molecule has 3 heteroatoms. The van der Waals surface area contributed by atoms with Crippen molar-refractivity contribution >= 4 is 31.9 Å². The lowest BCUT2D eigenvalue weighted by Gasteiger charge is -2.23. The minimum atomic E-state index is -0.214. The van der Waals surface area contributed by atoms with Crippen LogP contribution in [-0.2, 0) is 0 Å². The van der Waals surface area contributed by atoms with Crippen molar-refractivity contribution < 1.29 is 4.39 Å². The summed E-state index contributed by atoms with van der Waals surface area (Å²) >= 11 is 7.31. The molecule has 0 aliphatic carbocycles. The topological polar surface area (TPSA) is 0 Å². The second-order valence-electron chi connectivity index (χ2n) is 5.57. The summed E-state index contributed by atoms with van der Waals surface area (Å²) in [6.07, 6.45) is 0. The Bertz CT molecular complexity index is 676. The van der Waals surface area contributed by atoms with Crippen molar-refractivity contribution in [1.82, 2.24) is 0 Å². The highest BCUT2D eigenvalue weighted by molar-refractivity contribution is 9.11. The molecule has 0 saturated carbocycles. The van der Waals surface area contributed by atoms with Crippen LogP contribution in [0.3, 0.4) is 0 Å². The van der Waals surface area contributed by atoms with Crippen LogP contribution < -0.4 is 0 Å². The average molecular weight is 414 g/mol. The summed E-state index contributed by atoms with van der Waals surface area (Å²) in [6.45, 7) is 10.8. The first-order valence-electron chi connectivity index (χ1n) is 6.91. The fourth-order valence-corrected chi connectivity index (χ4v) is 4.62. The van der Waals surface area contributed by atoms with Crippen molar-refractivity contribution in [2.24, 2.45) is 0 Å². The molecule has 0 bridgehead atoms. The summed E-state index contributed by atoms with van der Waals surface area (Å²) < 4.78 is 14.5. The van der Waals surface area contributed by atoms with Gasteiger partial charge in [-0.05, 0) is 91.8 Å².